The first-order valence-corrected chi connectivity index (χ1v) is 7.27. The molecule has 4 heteroatoms. The molecule has 0 aliphatic carbocycles. The molecular weight excluding hydrogens is 329 g/mol. The fourth-order valence-corrected chi connectivity index (χ4v) is 2.57. The topological polar surface area (TPSA) is 12.0 Å². The van der Waals surface area contributed by atoms with E-state index in [0.29, 0.717) is 0 Å². The maximum absolute atomic E-state index is 5.86. The van der Waals surface area contributed by atoms with E-state index in [1.807, 2.05) is 30.0 Å². The number of anilines is 1. The largest absolute Gasteiger partial charge is 0.384 e. The van der Waals surface area contributed by atoms with E-state index >= 15 is 0 Å². The van der Waals surface area contributed by atoms with E-state index in [0.717, 1.165) is 11.6 Å². The first-order valence-electron chi connectivity index (χ1n) is 4.42. The summed E-state index contributed by atoms with van der Waals surface area (Å²) in [5.74, 6) is 1.21. The highest BCUT2D eigenvalue weighted by molar-refractivity contribution is 14.1. The van der Waals surface area contributed by atoms with Gasteiger partial charge < -0.3 is 5.32 Å². The second-order valence-electron chi connectivity index (χ2n) is 2.90. The van der Waals surface area contributed by atoms with Crippen molar-refractivity contribution in [3.05, 3.63) is 26.8 Å². The highest BCUT2D eigenvalue weighted by Gasteiger charge is 1.98. The van der Waals surface area contributed by atoms with Gasteiger partial charge in [-0.15, -0.1) is 0 Å². The molecule has 0 unspecified atom stereocenters. The van der Waals surface area contributed by atoms with Gasteiger partial charge in [0.05, 0.1) is 0 Å². The fourth-order valence-electron chi connectivity index (χ4n) is 1.07. The van der Waals surface area contributed by atoms with Crippen LogP contribution in [-0.4, -0.2) is 18.6 Å². The zero-order valence-corrected chi connectivity index (χ0v) is 11.7. The molecule has 0 fully saturated rings. The molecule has 0 amide bonds. The third-order valence-electron chi connectivity index (χ3n) is 1.77. The number of hydrogen-bond donors (Lipinski definition) is 1. The third kappa shape index (κ3) is 4.28. The van der Waals surface area contributed by atoms with Gasteiger partial charge >= 0.3 is 0 Å². The van der Waals surface area contributed by atoms with Gasteiger partial charge in [-0.25, -0.2) is 0 Å². The van der Waals surface area contributed by atoms with Gasteiger partial charge in [0.15, 0.2) is 0 Å². The summed E-state index contributed by atoms with van der Waals surface area (Å²) in [7, 11) is 0. The summed E-state index contributed by atoms with van der Waals surface area (Å²) in [5.41, 5.74) is 1.18. The second-order valence-corrected chi connectivity index (χ2v) is 5.48. The number of thioether (sulfide) groups is 1. The van der Waals surface area contributed by atoms with E-state index in [1.165, 1.54) is 21.4 Å². The molecule has 0 saturated heterocycles. The molecule has 1 aromatic carbocycles. The van der Waals surface area contributed by atoms with E-state index in [9.17, 15) is 0 Å². The van der Waals surface area contributed by atoms with Gasteiger partial charge in [-0.1, -0.05) is 11.6 Å². The van der Waals surface area contributed by atoms with Crippen LogP contribution in [0.5, 0.6) is 0 Å². The molecule has 0 heterocycles. The minimum atomic E-state index is 0.795. The van der Waals surface area contributed by atoms with Crippen LogP contribution < -0.4 is 5.32 Å². The summed E-state index contributed by atoms with van der Waals surface area (Å²) in [4.78, 5) is 0. The van der Waals surface area contributed by atoms with Crippen LogP contribution in [0.25, 0.3) is 0 Å². The maximum Gasteiger partial charge on any atom is 0.0476 e. The van der Waals surface area contributed by atoms with Crippen molar-refractivity contribution in [3.8, 4) is 0 Å². The normalized spacial score (nSPS) is 10.2. The molecule has 0 atom stereocenters. The van der Waals surface area contributed by atoms with Crippen molar-refractivity contribution >= 4 is 51.6 Å². The molecule has 0 aliphatic heterocycles. The quantitative estimate of drug-likeness (QED) is 0.639. The molecule has 0 aliphatic rings. The van der Waals surface area contributed by atoms with Crippen LogP contribution >= 0.6 is 46.0 Å². The Bertz CT molecular complexity index is 293. The van der Waals surface area contributed by atoms with Gasteiger partial charge in [-0.3, -0.25) is 0 Å². The smallest absolute Gasteiger partial charge is 0.0476 e. The Balaban J connectivity index is 2.42. The molecule has 14 heavy (non-hydrogen) atoms. The molecule has 1 rings (SSSR count). The number of nitrogens with one attached hydrogen (secondary N) is 1. The van der Waals surface area contributed by atoms with Crippen LogP contribution in [0.4, 0.5) is 5.69 Å². The summed E-state index contributed by atoms with van der Waals surface area (Å²) in [6, 6.07) is 5.92. The Labute approximate surface area is 108 Å². The average Bonchev–Trinajstić information content (AvgIpc) is 2.15. The van der Waals surface area contributed by atoms with E-state index in [2.05, 4.69) is 34.2 Å². The molecule has 0 bridgehead atoms. The summed E-state index contributed by atoms with van der Waals surface area (Å²) < 4.78 is 1.18. The highest BCUT2D eigenvalue weighted by atomic mass is 127. The monoisotopic (exact) mass is 341 g/mol. The van der Waals surface area contributed by atoms with Crippen molar-refractivity contribution < 1.29 is 0 Å². The molecule has 1 aromatic rings. The molecular formula is C10H13ClINS. The Morgan fingerprint density at radius 2 is 2.29 bits per heavy atom. The van der Waals surface area contributed by atoms with Crippen molar-refractivity contribution in [2.45, 2.75) is 6.42 Å². The molecule has 0 radical (unpaired) electrons. The Morgan fingerprint density at radius 1 is 1.50 bits per heavy atom. The molecule has 0 saturated carbocycles. The average molecular weight is 342 g/mol. The van der Waals surface area contributed by atoms with E-state index in [-0.39, 0.29) is 0 Å². The molecule has 78 valence electrons. The van der Waals surface area contributed by atoms with Crippen molar-refractivity contribution in [1.29, 1.82) is 0 Å². The van der Waals surface area contributed by atoms with E-state index in [1.54, 1.807) is 0 Å². The summed E-state index contributed by atoms with van der Waals surface area (Å²) >= 11 is 10.0. The zero-order chi connectivity index (χ0) is 10.4. The van der Waals surface area contributed by atoms with Crippen LogP contribution in [0.2, 0.25) is 5.02 Å². The summed E-state index contributed by atoms with van der Waals surface area (Å²) in [6.45, 7) is 1.03. The van der Waals surface area contributed by atoms with Crippen molar-refractivity contribution in [3.63, 3.8) is 0 Å². The fraction of sp³-hybridized carbons (Fsp3) is 0.400. The van der Waals surface area contributed by atoms with Gasteiger partial charge in [-0.05, 0) is 59.2 Å². The predicted molar refractivity (Wildman–Crippen MR) is 75.7 cm³/mol. The third-order valence-corrected chi connectivity index (χ3v) is 3.60. The van der Waals surface area contributed by atoms with Gasteiger partial charge in [0.1, 0.15) is 0 Å². The number of benzene rings is 1. The lowest BCUT2D eigenvalue weighted by atomic mass is 10.3. The van der Waals surface area contributed by atoms with Gasteiger partial charge in [0.2, 0.25) is 0 Å². The zero-order valence-electron chi connectivity index (χ0n) is 8.02. The molecule has 1 nitrogen and oxygen atoms in total. The SMILES string of the molecule is CSCCCNc1ccc(Cl)cc1I. The summed E-state index contributed by atoms with van der Waals surface area (Å²) in [5, 5.41) is 4.19. The second kappa shape index (κ2) is 6.80. The van der Waals surface area contributed by atoms with Gasteiger partial charge in [0.25, 0.3) is 0 Å². The van der Waals surface area contributed by atoms with Crippen LogP contribution in [0.3, 0.4) is 0 Å². The first kappa shape index (κ1) is 12.5. The molecule has 0 aromatic heterocycles. The number of rotatable bonds is 5. The molecule has 1 N–H and O–H groups in total. The lowest BCUT2D eigenvalue weighted by molar-refractivity contribution is 0.992. The van der Waals surface area contributed by atoms with Crippen LogP contribution in [0.1, 0.15) is 6.42 Å². The number of hydrogen-bond acceptors (Lipinski definition) is 2. The van der Waals surface area contributed by atoms with Crippen molar-refractivity contribution in [1.82, 2.24) is 0 Å². The first-order chi connectivity index (χ1) is 6.74. The highest BCUT2D eigenvalue weighted by Crippen LogP contribution is 2.22. The Kier molecular flexibility index (Phi) is 6.05. The van der Waals surface area contributed by atoms with Crippen LogP contribution in [0, 0.1) is 3.57 Å². The standard InChI is InChI=1S/C10H13ClINS/c1-14-6-2-5-13-10-4-3-8(11)7-9(10)12/h3-4,7,13H,2,5-6H2,1H3. The van der Waals surface area contributed by atoms with Gasteiger partial charge in [-0.2, -0.15) is 11.8 Å². The Morgan fingerprint density at radius 3 is 2.93 bits per heavy atom. The van der Waals surface area contributed by atoms with Crippen LogP contribution in [0.15, 0.2) is 18.2 Å². The van der Waals surface area contributed by atoms with Crippen LogP contribution in [-0.2, 0) is 0 Å². The van der Waals surface area contributed by atoms with E-state index < -0.39 is 0 Å². The maximum atomic E-state index is 5.86. The van der Waals surface area contributed by atoms with E-state index in [4.69, 9.17) is 11.6 Å². The predicted octanol–water partition coefficient (Wildman–Crippen LogP) is 4.11. The minimum Gasteiger partial charge on any atom is -0.384 e. The lowest BCUT2D eigenvalue weighted by Crippen LogP contribution is -2.03. The van der Waals surface area contributed by atoms with Crippen molar-refractivity contribution in [2.75, 3.05) is 23.9 Å². The minimum absolute atomic E-state index is 0.795. The number of halogens is 2. The molecule has 0 spiro atoms. The Hall–Kier alpha value is 0.390. The lowest BCUT2D eigenvalue weighted by Gasteiger charge is -2.08. The van der Waals surface area contributed by atoms with Crippen molar-refractivity contribution in [2.24, 2.45) is 0 Å². The summed E-state index contributed by atoms with van der Waals surface area (Å²) in [6.07, 6.45) is 3.33. The van der Waals surface area contributed by atoms with Gasteiger partial charge in [0, 0.05) is 20.8 Å².